The van der Waals surface area contributed by atoms with Crippen LogP contribution in [0.25, 0.3) is 5.57 Å². The number of rotatable bonds is 2. The van der Waals surface area contributed by atoms with Gasteiger partial charge in [0.15, 0.2) is 0 Å². The molecule has 1 N–H and O–H groups in total. The van der Waals surface area contributed by atoms with Gasteiger partial charge in [0.05, 0.1) is 7.11 Å². The zero-order valence-corrected chi connectivity index (χ0v) is 8.86. The smallest absolute Gasteiger partial charge is 0.118 e. The van der Waals surface area contributed by atoms with Gasteiger partial charge in [-0.25, -0.2) is 0 Å². The Bertz CT molecular complexity index is 394. The number of benzene rings is 1. The first-order valence-corrected chi connectivity index (χ1v) is 5.46. The van der Waals surface area contributed by atoms with E-state index in [9.17, 15) is 0 Å². The average molecular weight is 201 g/mol. The topological polar surface area (TPSA) is 21.3 Å². The Balaban J connectivity index is 1.90. The summed E-state index contributed by atoms with van der Waals surface area (Å²) >= 11 is 0. The van der Waals surface area contributed by atoms with Crippen molar-refractivity contribution in [3.8, 4) is 5.75 Å². The van der Waals surface area contributed by atoms with E-state index in [4.69, 9.17) is 4.74 Å². The molecule has 15 heavy (non-hydrogen) atoms. The molecular weight excluding hydrogens is 186 g/mol. The molecule has 3 rings (SSSR count). The van der Waals surface area contributed by atoms with E-state index >= 15 is 0 Å². The molecule has 2 aliphatic rings. The minimum Gasteiger partial charge on any atom is -0.497 e. The standard InChI is InChI=1S/C13H15NO/c1-15-11-4-2-10(3-5-11)12-6-9-7-13(12)14-8-9/h2-6,9,13-14H,7-8H2,1H3. The highest BCUT2D eigenvalue weighted by Gasteiger charge is 2.32. The second-order valence-electron chi connectivity index (χ2n) is 4.31. The van der Waals surface area contributed by atoms with Crippen LogP contribution in [0.5, 0.6) is 5.75 Å². The zero-order valence-electron chi connectivity index (χ0n) is 8.86. The van der Waals surface area contributed by atoms with E-state index in [2.05, 4.69) is 23.5 Å². The van der Waals surface area contributed by atoms with Crippen LogP contribution in [0.4, 0.5) is 0 Å². The molecule has 1 saturated heterocycles. The lowest BCUT2D eigenvalue weighted by Crippen LogP contribution is -2.24. The highest BCUT2D eigenvalue weighted by Crippen LogP contribution is 2.36. The van der Waals surface area contributed by atoms with Crippen LogP contribution in [0.1, 0.15) is 12.0 Å². The van der Waals surface area contributed by atoms with E-state index in [0.717, 1.165) is 18.2 Å². The van der Waals surface area contributed by atoms with Gasteiger partial charge in [0.25, 0.3) is 0 Å². The van der Waals surface area contributed by atoms with Gasteiger partial charge in [0.1, 0.15) is 5.75 Å². The summed E-state index contributed by atoms with van der Waals surface area (Å²) in [5, 5.41) is 3.53. The van der Waals surface area contributed by atoms with Crippen LogP contribution >= 0.6 is 0 Å². The highest BCUT2D eigenvalue weighted by atomic mass is 16.5. The molecule has 1 aliphatic carbocycles. The van der Waals surface area contributed by atoms with Crippen molar-refractivity contribution in [2.45, 2.75) is 12.5 Å². The summed E-state index contributed by atoms with van der Waals surface area (Å²) in [6.45, 7) is 1.16. The van der Waals surface area contributed by atoms with Crippen LogP contribution < -0.4 is 10.1 Å². The molecule has 0 amide bonds. The van der Waals surface area contributed by atoms with E-state index < -0.39 is 0 Å². The number of methoxy groups -OCH3 is 1. The van der Waals surface area contributed by atoms with E-state index in [1.54, 1.807) is 7.11 Å². The van der Waals surface area contributed by atoms with Crippen LogP contribution in [0.3, 0.4) is 0 Å². The predicted molar refractivity (Wildman–Crippen MR) is 60.9 cm³/mol. The number of fused-ring (bicyclic) bond motifs is 2. The van der Waals surface area contributed by atoms with E-state index in [1.807, 2.05) is 12.1 Å². The van der Waals surface area contributed by atoms with Crippen molar-refractivity contribution in [2.24, 2.45) is 5.92 Å². The maximum Gasteiger partial charge on any atom is 0.118 e. The van der Waals surface area contributed by atoms with Crippen LogP contribution in [0.15, 0.2) is 30.3 Å². The molecule has 2 unspecified atom stereocenters. The SMILES string of the molecule is COc1ccc(C2=CC3CNC2C3)cc1. The first-order valence-electron chi connectivity index (χ1n) is 5.46. The van der Waals surface area contributed by atoms with Crippen molar-refractivity contribution in [1.29, 1.82) is 0 Å². The lowest BCUT2D eigenvalue weighted by Gasteiger charge is -2.15. The van der Waals surface area contributed by atoms with Crippen LogP contribution in [0.2, 0.25) is 0 Å². The number of hydrogen-bond donors (Lipinski definition) is 1. The van der Waals surface area contributed by atoms with E-state index in [0.29, 0.717) is 6.04 Å². The molecule has 78 valence electrons. The highest BCUT2D eigenvalue weighted by molar-refractivity contribution is 5.73. The quantitative estimate of drug-likeness (QED) is 0.791. The summed E-state index contributed by atoms with van der Waals surface area (Å²) in [6, 6.07) is 8.94. The number of ether oxygens (including phenoxy) is 1. The molecule has 2 atom stereocenters. The lowest BCUT2D eigenvalue weighted by atomic mass is 10.0. The van der Waals surface area contributed by atoms with Gasteiger partial charge in [-0.3, -0.25) is 0 Å². The number of hydrogen-bond acceptors (Lipinski definition) is 2. The monoisotopic (exact) mass is 201 g/mol. The van der Waals surface area contributed by atoms with E-state index in [1.165, 1.54) is 17.6 Å². The van der Waals surface area contributed by atoms with Crippen molar-refractivity contribution >= 4 is 5.57 Å². The Hall–Kier alpha value is -1.28. The third-order valence-electron chi connectivity index (χ3n) is 3.38. The summed E-state index contributed by atoms with van der Waals surface area (Å²) in [5.41, 5.74) is 2.80. The Morgan fingerprint density at radius 1 is 1.27 bits per heavy atom. The fourth-order valence-corrected chi connectivity index (χ4v) is 2.58. The largest absolute Gasteiger partial charge is 0.497 e. The van der Waals surface area contributed by atoms with Gasteiger partial charge in [-0.05, 0) is 35.6 Å². The lowest BCUT2D eigenvalue weighted by molar-refractivity contribution is 0.415. The van der Waals surface area contributed by atoms with Gasteiger partial charge in [-0.2, -0.15) is 0 Å². The molecule has 1 fully saturated rings. The molecule has 1 aromatic carbocycles. The normalized spacial score (nSPS) is 27.9. The second kappa shape index (κ2) is 3.38. The van der Waals surface area contributed by atoms with Crippen molar-refractivity contribution in [3.05, 3.63) is 35.9 Å². The predicted octanol–water partition coefficient (Wildman–Crippen LogP) is 2.07. The molecule has 1 aromatic rings. The Morgan fingerprint density at radius 3 is 2.60 bits per heavy atom. The summed E-state index contributed by atoms with van der Waals surface area (Å²) in [5.74, 6) is 1.68. The zero-order chi connectivity index (χ0) is 10.3. The molecule has 2 nitrogen and oxygen atoms in total. The fraction of sp³-hybridized carbons (Fsp3) is 0.385. The van der Waals surface area contributed by atoms with E-state index in [-0.39, 0.29) is 0 Å². The van der Waals surface area contributed by atoms with Crippen molar-refractivity contribution < 1.29 is 4.74 Å². The van der Waals surface area contributed by atoms with Gasteiger partial charge in [0.2, 0.25) is 0 Å². The molecule has 0 radical (unpaired) electrons. The van der Waals surface area contributed by atoms with Crippen LogP contribution in [0, 0.1) is 5.92 Å². The maximum atomic E-state index is 5.16. The fourth-order valence-electron chi connectivity index (χ4n) is 2.58. The maximum absolute atomic E-state index is 5.16. The van der Waals surface area contributed by atoms with Gasteiger partial charge in [-0.1, -0.05) is 18.2 Å². The van der Waals surface area contributed by atoms with Crippen molar-refractivity contribution in [1.82, 2.24) is 5.32 Å². The molecule has 0 spiro atoms. The minimum absolute atomic E-state index is 0.586. The van der Waals surface area contributed by atoms with Gasteiger partial charge in [0, 0.05) is 12.6 Å². The van der Waals surface area contributed by atoms with Crippen molar-refractivity contribution in [3.63, 3.8) is 0 Å². The second-order valence-corrected chi connectivity index (χ2v) is 4.31. The Kier molecular flexibility index (Phi) is 2.03. The molecule has 0 aromatic heterocycles. The van der Waals surface area contributed by atoms with Crippen molar-refractivity contribution in [2.75, 3.05) is 13.7 Å². The third kappa shape index (κ3) is 1.45. The number of nitrogens with one attached hydrogen (secondary N) is 1. The first kappa shape index (κ1) is 8.98. The van der Waals surface area contributed by atoms with Gasteiger partial charge < -0.3 is 10.1 Å². The molecule has 1 heterocycles. The average Bonchev–Trinajstić information content (AvgIpc) is 2.91. The Labute approximate surface area is 89.9 Å². The molecular formula is C13H15NO. The summed E-state index contributed by atoms with van der Waals surface area (Å²) in [4.78, 5) is 0. The summed E-state index contributed by atoms with van der Waals surface area (Å²) in [7, 11) is 1.70. The minimum atomic E-state index is 0.586. The Morgan fingerprint density at radius 2 is 2.07 bits per heavy atom. The van der Waals surface area contributed by atoms with Crippen LogP contribution in [-0.4, -0.2) is 19.7 Å². The van der Waals surface area contributed by atoms with Crippen LogP contribution in [-0.2, 0) is 0 Å². The van der Waals surface area contributed by atoms with Gasteiger partial charge >= 0.3 is 0 Å². The molecule has 0 saturated carbocycles. The summed E-state index contributed by atoms with van der Waals surface area (Å²) in [6.07, 6.45) is 3.70. The molecule has 1 aliphatic heterocycles. The first-order chi connectivity index (χ1) is 7.36. The summed E-state index contributed by atoms with van der Waals surface area (Å²) < 4.78 is 5.16. The van der Waals surface area contributed by atoms with Gasteiger partial charge in [-0.15, -0.1) is 0 Å². The third-order valence-corrected chi connectivity index (χ3v) is 3.38. The molecule has 2 heteroatoms. The molecule has 2 bridgehead atoms.